The number of carbonyl (C=O) groups excluding carboxylic acids is 1. The molecule has 0 atom stereocenters. The van der Waals surface area contributed by atoms with Crippen LogP contribution in [0.5, 0.6) is 0 Å². The number of nitrogens with zero attached hydrogens (tertiary/aromatic N) is 3. The lowest BCUT2D eigenvalue weighted by Crippen LogP contribution is -2.41. The van der Waals surface area contributed by atoms with Crippen LogP contribution in [0.15, 0.2) is 65.5 Å². The van der Waals surface area contributed by atoms with E-state index in [4.69, 9.17) is 0 Å². The standard InChI is InChI=1S/C26H26F3N3O2/c1-18-16-23(33)24(30-32(18)22-9-5-8-21(17-22)26(27,28)29)25(34)31-14-12-20(13-15-31)11-10-19-6-3-2-4-7-19/h2-9,16-17,20H,10-15H2,1H3. The van der Waals surface area contributed by atoms with Gasteiger partial charge in [0, 0.05) is 24.8 Å². The molecule has 0 N–H and O–H groups in total. The Morgan fingerprint density at radius 1 is 1.03 bits per heavy atom. The number of hydrogen-bond acceptors (Lipinski definition) is 3. The van der Waals surface area contributed by atoms with Crippen molar-refractivity contribution in [2.45, 2.75) is 38.8 Å². The largest absolute Gasteiger partial charge is 0.416 e. The molecule has 4 rings (SSSR count). The molecule has 1 saturated heterocycles. The summed E-state index contributed by atoms with van der Waals surface area (Å²) in [4.78, 5) is 27.3. The zero-order valence-corrected chi connectivity index (χ0v) is 18.9. The van der Waals surface area contributed by atoms with Gasteiger partial charge in [-0.2, -0.15) is 18.3 Å². The first kappa shape index (κ1) is 23.7. The number of aryl methyl sites for hydroxylation is 2. The Kier molecular flexibility index (Phi) is 6.86. The Hall–Kier alpha value is -3.42. The fourth-order valence-electron chi connectivity index (χ4n) is 4.36. The van der Waals surface area contributed by atoms with Crippen LogP contribution in [0.2, 0.25) is 0 Å². The van der Waals surface area contributed by atoms with Crippen molar-refractivity contribution >= 4 is 5.91 Å². The molecule has 1 aliphatic heterocycles. The van der Waals surface area contributed by atoms with Crippen molar-refractivity contribution in [2.24, 2.45) is 5.92 Å². The lowest BCUT2D eigenvalue weighted by molar-refractivity contribution is -0.137. The normalized spacial score (nSPS) is 14.9. The Morgan fingerprint density at radius 2 is 1.74 bits per heavy atom. The zero-order valence-electron chi connectivity index (χ0n) is 18.9. The highest BCUT2D eigenvalue weighted by Crippen LogP contribution is 2.30. The lowest BCUT2D eigenvalue weighted by Gasteiger charge is -2.31. The summed E-state index contributed by atoms with van der Waals surface area (Å²) in [6.45, 7) is 2.62. The molecule has 0 aliphatic carbocycles. The van der Waals surface area contributed by atoms with Crippen molar-refractivity contribution in [3.8, 4) is 5.69 Å². The molecule has 1 aromatic heterocycles. The zero-order chi connectivity index (χ0) is 24.3. The van der Waals surface area contributed by atoms with E-state index in [1.165, 1.54) is 28.4 Å². The van der Waals surface area contributed by atoms with Crippen LogP contribution in [0.4, 0.5) is 13.2 Å². The lowest BCUT2D eigenvalue weighted by atomic mass is 9.90. The van der Waals surface area contributed by atoms with Gasteiger partial charge < -0.3 is 4.90 Å². The van der Waals surface area contributed by atoms with Crippen molar-refractivity contribution in [1.29, 1.82) is 0 Å². The van der Waals surface area contributed by atoms with Gasteiger partial charge in [0.1, 0.15) is 0 Å². The maximum Gasteiger partial charge on any atom is 0.416 e. The maximum absolute atomic E-state index is 13.1. The second-order valence-electron chi connectivity index (χ2n) is 8.72. The van der Waals surface area contributed by atoms with E-state index < -0.39 is 23.1 Å². The number of benzene rings is 2. The van der Waals surface area contributed by atoms with Gasteiger partial charge in [0.25, 0.3) is 5.91 Å². The summed E-state index contributed by atoms with van der Waals surface area (Å²) >= 11 is 0. The minimum absolute atomic E-state index is 0.140. The molecule has 1 aliphatic rings. The van der Waals surface area contributed by atoms with Crippen LogP contribution >= 0.6 is 0 Å². The molecule has 2 heterocycles. The molecule has 0 spiro atoms. The number of aromatic nitrogens is 2. The smallest absolute Gasteiger partial charge is 0.337 e. The van der Waals surface area contributed by atoms with Gasteiger partial charge in [0.2, 0.25) is 5.43 Å². The summed E-state index contributed by atoms with van der Waals surface area (Å²) in [5.74, 6) is 0.0178. The second kappa shape index (κ2) is 9.83. The SMILES string of the molecule is Cc1cc(=O)c(C(=O)N2CCC(CCc3ccccc3)CC2)nn1-c1cccc(C(F)(F)F)c1. The predicted molar refractivity (Wildman–Crippen MR) is 123 cm³/mol. The van der Waals surface area contributed by atoms with Crippen LogP contribution < -0.4 is 5.43 Å². The molecule has 0 radical (unpaired) electrons. The van der Waals surface area contributed by atoms with E-state index in [9.17, 15) is 22.8 Å². The molecule has 5 nitrogen and oxygen atoms in total. The number of hydrogen-bond donors (Lipinski definition) is 0. The average molecular weight is 470 g/mol. The van der Waals surface area contributed by atoms with Crippen LogP contribution in [0.3, 0.4) is 0 Å². The summed E-state index contributed by atoms with van der Waals surface area (Å²) in [7, 11) is 0. The first-order valence-electron chi connectivity index (χ1n) is 11.3. The maximum atomic E-state index is 13.1. The van der Waals surface area contributed by atoms with Gasteiger partial charge in [-0.1, -0.05) is 36.4 Å². The molecule has 8 heteroatoms. The summed E-state index contributed by atoms with van der Waals surface area (Å²) in [5, 5.41) is 4.18. The van der Waals surface area contributed by atoms with Crippen molar-refractivity contribution in [2.75, 3.05) is 13.1 Å². The number of rotatable bonds is 5. The predicted octanol–water partition coefficient (Wildman–Crippen LogP) is 5.04. The van der Waals surface area contributed by atoms with Crippen molar-refractivity contribution < 1.29 is 18.0 Å². The number of piperidine rings is 1. The molecule has 2 aromatic carbocycles. The fraction of sp³-hybridized carbons (Fsp3) is 0.346. The second-order valence-corrected chi connectivity index (χ2v) is 8.72. The van der Waals surface area contributed by atoms with E-state index in [1.807, 2.05) is 18.2 Å². The summed E-state index contributed by atoms with van der Waals surface area (Å²) in [6, 6.07) is 16.2. The topological polar surface area (TPSA) is 55.2 Å². The van der Waals surface area contributed by atoms with E-state index in [-0.39, 0.29) is 11.4 Å². The van der Waals surface area contributed by atoms with Crippen molar-refractivity contribution in [3.05, 3.63) is 93.4 Å². The van der Waals surface area contributed by atoms with Gasteiger partial charge in [-0.25, -0.2) is 4.68 Å². The molecule has 34 heavy (non-hydrogen) atoms. The molecular weight excluding hydrogens is 443 g/mol. The third-order valence-electron chi connectivity index (χ3n) is 6.31. The fourth-order valence-corrected chi connectivity index (χ4v) is 4.36. The van der Waals surface area contributed by atoms with Crippen molar-refractivity contribution in [1.82, 2.24) is 14.7 Å². The van der Waals surface area contributed by atoms with Gasteiger partial charge in [-0.05, 0) is 62.3 Å². The third-order valence-corrected chi connectivity index (χ3v) is 6.31. The molecule has 1 amide bonds. The van der Waals surface area contributed by atoms with Crippen LogP contribution in [0, 0.1) is 12.8 Å². The number of amides is 1. The van der Waals surface area contributed by atoms with Crippen molar-refractivity contribution in [3.63, 3.8) is 0 Å². The van der Waals surface area contributed by atoms with Crippen LogP contribution in [-0.2, 0) is 12.6 Å². The number of likely N-dealkylation sites (tertiary alicyclic amines) is 1. The number of alkyl halides is 3. The molecular formula is C26H26F3N3O2. The van der Waals surface area contributed by atoms with E-state index in [1.54, 1.807) is 11.8 Å². The average Bonchev–Trinajstić information content (AvgIpc) is 2.83. The first-order valence-corrected chi connectivity index (χ1v) is 11.3. The van der Waals surface area contributed by atoms with Crippen LogP contribution in [0.1, 0.15) is 46.6 Å². The van der Waals surface area contributed by atoms with Crippen LogP contribution in [0.25, 0.3) is 5.69 Å². The van der Waals surface area contributed by atoms with Gasteiger partial charge >= 0.3 is 6.18 Å². The van der Waals surface area contributed by atoms with Gasteiger partial charge in [0.05, 0.1) is 11.3 Å². The molecule has 0 saturated carbocycles. The van der Waals surface area contributed by atoms with Gasteiger partial charge in [-0.3, -0.25) is 9.59 Å². The Labute approximate surface area is 195 Å². The quantitative estimate of drug-likeness (QED) is 0.526. The van der Waals surface area contributed by atoms with Gasteiger partial charge in [-0.15, -0.1) is 0 Å². The Balaban J connectivity index is 1.47. The molecule has 0 unspecified atom stereocenters. The van der Waals surface area contributed by atoms with Gasteiger partial charge in [0.15, 0.2) is 5.69 Å². The highest BCUT2D eigenvalue weighted by Gasteiger charge is 2.31. The molecule has 178 valence electrons. The Morgan fingerprint density at radius 3 is 2.41 bits per heavy atom. The summed E-state index contributed by atoms with van der Waals surface area (Å²) in [6.07, 6.45) is -0.803. The molecule has 3 aromatic rings. The monoisotopic (exact) mass is 469 g/mol. The van der Waals surface area contributed by atoms with E-state index in [0.717, 1.165) is 37.8 Å². The molecule has 0 bridgehead atoms. The highest BCUT2D eigenvalue weighted by atomic mass is 19.4. The number of carbonyl (C=O) groups is 1. The summed E-state index contributed by atoms with van der Waals surface area (Å²) < 4.78 is 40.6. The summed E-state index contributed by atoms with van der Waals surface area (Å²) in [5.41, 5.74) is 0.152. The Bertz CT molecular complexity index is 1210. The third kappa shape index (κ3) is 5.38. The van der Waals surface area contributed by atoms with E-state index in [0.29, 0.717) is 24.7 Å². The molecule has 1 fully saturated rings. The minimum atomic E-state index is -4.51. The number of halogens is 3. The highest BCUT2D eigenvalue weighted by molar-refractivity contribution is 5.92. The minimum Gasteiger partial charge on any atom is -0.337 e. The van der Waals surface area contributed by atoms with E-state index >= 15 is 0 Å². The van der Waals surface area contributed by atoms with Crippen LogP contribution in [-0.4, -0.2) is 33.7 Å². The first-order chi connectivity index (χ1) is 16.2. The van der Waals surface area contributed by atoms with E-state index in [2.05, 4.69) is 17.2 Å².